The number of amides is 1. The Hall–Kier alpha value is -2.72. The van der Waals surface area contributed by atoms with Gasteiger partial charge >= 0.3 is 5.97 Å². The third-order valence-electron chi connectivity index (χ3n) is 6.05. The van der Waals surface area contributed by atoms with Gasteiger partial charge in [-0.25, -0.2) is 13.2 Å². The topological polar surface area (TPSA) is 111 Å². The number of aromatic nitrogens is 2. The first-order valence-electron chi connectivity index (χ1n) is 11.3. The van der Waals surface area contributed by atoms with Gasteiger partial charge in [-0.15, -0.1) is 0 Å². The van der Waals surface area contributed by atoms with Crippen LogP contribution in [0.2, 0.25) is 0 Å². The second-order valence-corrected chi connectivity index (χ2v) is 9.96. The Balaban J connectivity index is 1.85. The van der Waals surface area contributed by atoms with Gasteiger partial charge in [0.25, 0.3) is 0 Å². The summed E-state index contributed by atoms with van der Waals surface area (Å²) in [6.07, 6.45) is 2.81. The maximum Gasteiger partial charge on any atom is 0.341 e. The van der Waals surface area contributed by atoms with Crippen molar-refractivity contribution in [3.63, 3.8) is 0 Å². The smallest absolute Gasteiger partial charge is 0.341 e. The van der Waals surface area contributed by atoms with Crippen LogP contribution in [0.25, 0.3) is 0 Å². The van der Waals surface area contributed by atoms with E-state index < -0.39 is 21.9 Å². The van der Waals surface area contributed by atoms with E-state index in [2.05, 4.69) is 10.3 Å². The predicted molar refractivity (Wildman–Crippen MR) is 123 cm³/mol. The highest BCUT2D eigenvalue weighted by Crippen LogP contribution is 2.32. The van der Waals surface area contributed by atoms with Crippen LogP contribution in [0.4, 0.5) is 0 Å². The minimum Gasteiger partial charge on any atom is -0.462 e. The Bertz CT molecular complexity index is 1110. The molecule has 1 aliphatic rings. The van der Waals surface area contributed by atoms with Crippen molar-refractivity contribution in [3.05, 3.63) is 47.0 Å². The lowest BCUT2D eigenvalue weighted by molar-refractivity contribution is -0.126. The Morgan fingerprint density at radius 3 is 2.61 bits per heavy atom. The summed E-state index contributed by atoms with van der Waals surface area (Å²) >= 11 is 0. The van der Waals surface area contributed by atoms with Crippen LogP contribution in [0.5, 0.6) is 0 Å². The number of rotatable bonds is 8. The van der Waals surface area contributed by atoms with Crippen molar-refractivity contribution in [1.29, 1.82) is 0 Å². The molecule has 10 heteroatoms. The number of carbonyl (C=O) groups excluding carboxylic acids is 2. The molecule has 0 saturated carbocycles. The minimum absolute atomic E-state index is 0.0187. The highest BCUT2D eigenvalue weighted by Gasteiger charge is 2.39. The maximum absolute atomic E-state index is 13.7. The van der Waals surface area contributed by atoms with Gasteiger partial charge < -0.3 is 14.6 Å². The number of esters is 1. The Morgan fingerprint density at radius 2 is 1.97 bits per heavy atom. The van der Waals surface area contributed by atoms with E-state index in [0.29, 0.717) is 37.3 Å². The average Bonchev–Trinajstić information content (AvgIpc) is 3.08. The predicted octanol–water partition coefficient (Wildman–Crippen LogP) is 2.41. The Kier molecular flexibility index (Phi) is 7.91. The molecule has 1 N–H and O–H groups in total. The normalized spacial score (nSPS) is 17.0. The van der Waals surface area contributed by atoms with Crippen molar-refractivity contribution in [1.82, 2.24) is 19.2 Å². The third kappa shape index (κ3) is 5.11. The summed E-state index contributed by atoms with van der Waals surface area (Å²) in [4.78, 5) is 29.6. The number of carbonyl (C=O) groups is 2. The van der Waals surface area contributed by atoms with Crippen LogP contribution in [0.1, 0.15) is 54.1 Å². The summed E-state index contributed by atoms with van der Waals surface area (Å²) in [5, 5.41) is 2.86. The van der Waals surface area contributed by atoms with Crippen LogP contribution < -0.4 is 5.32 Å². The van der Waals surface area contributed by atoms with Crippen LogP contribution in [0.15, 0.2) is 29.3 Å². The lowest BCUT2D eigenvalue weighted by Gasteiger charge is -2.31. The Morgan fingerprint density at radius 1 is 1.21 bits per heavy atom. The van der Waals surface area contributed by atoms with E-state index in [4.69, 9.17) is 4.74 Å². The molecule has 0 radical (unpaired) electrons. The minimum atomic E-state index is -4.01. The molecule has 3 heterocycles. The van der Waals surface area contributed by atoms with Gasteiger partial charge in [-0.2, -0.15) is 4.31 Å². The second-order valence-electron chi connectivity index (χ2n) is 8.08. The molecule has 2 aromatic rings. The number of hydrogen-bond donors (Lipinski definition) is 1. The zero-order chi connectivity index (χ0) is 24.2. The van der Waals surface area contributed by atoms with Crippen molar-refractivity contribution < 1.29 is 22.7 Å². The number of piperidine rings is 1. The molecule has 9 nitrogen and oxygen atoms in total. The van der Waals surface area contributed by atoms with Crippen molar-refractivity contribution >= 4 is 21.9 Å². The Labute approximate surface area is 195 Å². The zero-order valence-electron chi connectivity index (χ0n) is 19.6. The molecule has 3 rings (SSSR count). The molecule has 1 atom stereocenters. The van der Waals surface area contributed by atoms with Gasteiger partial charge in [0, 0.05) is 37.2 Å². The van der Waals surface area contributed by atoms with Gasteiger partial charge in [0.2, 0.25) is 15.9 Å². The first kappa shape index (κ1) is 24.9. The summed E-state index contributed by atoms with van der Waals surface area (Å²) in [7, 11) is -4.01. The lowest BCUT2D eigenvalue weighted by atomic mass is 9.99. The highest BCUT2D eigenvalue weighted by molar-refractivity contribution is 7.89. The SMILES string of the molecule is CCOC(=O)c1c(S(=O)(=O)N2CCC[C@H](C(=O)NCc3ccccn3)C2)c(C)n(CC)c1C. The van der Waals surface area contributed by atoms with Crippen LogP contribution >= 0.6 is 0 Å². The van der Waals surface area contributed by atoms with Gasteiger partial charge in [-0.1, -0.05) is 6.07 Å². The molecule has 0 aromatic carbocycles. The number of nitrogens with one attached hydrogen (secondary N) is 1. The summed E-state index contributed by atoms with van der Waals surface area (Å²) < 4.78 is 35.8. The zero-order valence-corrected chi connectivity index (χ0v) is 20.4. The third-order valence-corrected chi connectivity index (χ3v) is 8.07. The van der Waals surface area contributed by atoms with E-state index in [-0.39, 0.29) is 36.1 Å². The van der Waals surface area contributed by atoms with Gasteiger partial charge in [0.15, 0.2) is 0 Å². The van der Waals surface area contributed by atoms with Gasteiger partial charge in [-0.3, -0.25) is 9.78 Å². The van der Waals surface area contributed by atoms with Gasteiger partial charge in [0.05, 0.1) is 24.8 Å². The van der Waals surface area contributed by atoms with E-state index in [1.54, 1.807) is 37.6 Å². The number of ether oxygens (including phenoxy) is 1. The second kappa shape index (κ2) is 10.5. The van der Waals surface area contributed by atoms with E-state index in [0.717, 1.165) is 5.69 Å². The molecule has 1 amide bonds. The van der Waals surface area contributed by atoms with Crippen LogP contribution in [-0.4, -0.2) is 53.8 Å². The molecular formula is C23H32N4O5S. The highest BCUT2D eigenvalue weighted by atomic mass is 32.2. The molecule has 180 valence electrons. The van der Waals surface area contributed by atoms with Crippen LogP contribution in [0.3, 0.4) is 0 Å². The summed E-state index contributed by atoms with van der Waals surface area (Å²) in [6.45, 7) is 8.33. The number of sulfonamides is 1. The quantitative estimate of drug-likeness (QED) is 0.586. The van der Waals surface area contributed by atoms with E-state index in [1.807, 2.05) is 19.1 Å². The van der Waals surface area contributed by atoms with E-state index in [9.17, 15) is 18.0 Å². The average molecular weight is 477 g/mol. The standard InChI is InChI=1S/C23H32N4O5S/c1-5-27-16(3)20(23(29)32-6-2)21(17(27)4)33(30,31)26-13-9-10-18(15-26)22(28)25-14-19-11-7-8-12-24-19/h7-8,11-12,18H,5-6,9-10,13-15H2,1-4H3,(H,25,28)/t18-/m0/s1. The molecule has 0 unspecified atom stereocenters. The summed E-state index contributed by atoms with van der Waals surface area (Å²) in [5.41, 5.74) is 1.88. The molecule has 1 fully saturated rings. The van der Waals surface area contributed by atoms with Crippen LogP contribution in [0, 0.1) is 19.8 Å². The molecule has 1 aliphatic heterocycles. The fourth-order valence-electron chi connectivity index (χ4n) is 4.42. The first-order chi connectivity index (χ1) is 15.7. The van der Waals surface area contributed by atoms with Crippen LogP contribution in [-0.2, 0) is 32.6 Å². The van der Waals surface area contributed by atoms with Crippen molar-refractivity contribution in [2.45, 2.75) is 58.5 Å². The summed E-state index contributed by atoms with van der Waals surface area (Å²) in [5.74, 6) is -1.33. The monoisotopic (exact) mass is 476 g/mol. The number of hydrogen-bond acceptors (Lipinski definition) is 6. The fourth-order valence-corrected chi connectivity index (χ4v) is 6.39. The van der Waals surface area contributed by atoms with Crippen molar-refractivity contribution in [2.24, 2.45) is 5.92 Å². The first-order valence-corrected chi connectivity index (χ1v) is 12.7. The van der Waals surface area contributed by atoms with Crippen molar-refractivity contribution in [2.75, 3.05) is 19.7 Å². The molecule has 0 bridgehead atoms. The molecule has 2 aromatic heterocycles. The summed E-state index contributed by atoms with van der Waals surface area (Å²) in [6, 6.07) is 5.46. The molecule has 1 saturated heterocycles. The maximum atomic E-state index is 13.7. The molecule has 0 spiro atoms. The van der Waals surface area contributed by atoms with E-state index >= 15 is 0 Å². The van der Waals surface area contributed by atoms with E-state index in [1.165, 1.54) is 4.31 Å². The molecular weight excluding hydrogens is 444 g/mol. The number of pyridine rings is 1. The van der Waals surface area contributed by atoms with Gasteiger partial charge in [0.1, 0.15) is 10.5 Å². The lowest BCUT2D eigenvalue weighted by Crippen LogP contribution is -2.45. The molecule has 33 heavy (non-hydrogen) atoms. The van der Waals surface area contributed by atoms with Gasteiger partial charge in [-0.05, 0) is 52.7 Å². The van der Waals surface area contributed by atoms with Crippen molar-refractivity contribution in [3.8, 4) is 0 Å². The largest absolute Gasteiger partial charge is 0.462 e. The fraction of sp³-hybridized carbons (Fsp3) is 0.522. The molecule has 0 aliphatic carbocycles. The number of nitrogens with zero attached hydrogens (tertiary/aromatic N) is 3.